The van der Waals surface area contributed by atoms with E-state index in [0.717, 1.165) is 0 Å². The number of carbonyl (C=O) groups excluding carboxylic acids is 3. The summed E-state index contributed by atoms with van der Waals surface area (Å²) < 4.78 is 4.75. The van der Waals surface area contributed by atoms with Gasteiger partial charge in [-0.15, -0.1) is 0 Å². The van der Waals surface area contributed by atoms with Crippen LogP contribution in [0.3, 0.4) is 0 Å². The molecule has 0 radical (unpaired) electrons. The molecule has 23 heavy (non-hydrogen) atoms. The minimum atomic E-state index is -0.552. The molecule has 126 valence electrons. The van der Waals surface area contributed by atoms with Crippen LogP contribution in [0.15, 0.2) is 24.3 Å². The van der Waals surface area contributed by atoms with Gasteiger partial charge in [-0.2, -0.15) is 0 Å². The molecular formula is C16H23N3O4. The Bertz CT molecular complexity index is 562. The SMILES string of the molecule is CCOC(=O)Nc1ccc(C(=O)NCC(=O)NC(C)(C)C)cc1. The zero-order valence-electron chi connectivity index (χ0n) is 13.9. The third-order valence-corrected chi connectivity index (χ3v) is 2.59. The zero-order chi connectivity index (χ0) is 17.5. The van der Waals surface area contributed by atoms with Crippen molar-refractivity contribution < 1.29 is 19.1 Å². The van der Waals surface area contributed by atoms with Gasteiger partial charge in [-0.1, -0.05) is 0 Å². The first-order valence-electron chi connectivity index (χ1n) is 7.34. The van der Waals surface area contributed by atoms with Crippen LogP contribution >= 0.6 is 0 Å². The van der Waals surface area contributed by atoms with E-state index in [2.05, 4.69) is 16.0 Å². The van der Waals surface area contributed by atoms with Crippen LogP contribution in [0.4, 0.5) is 10.5 Å². The summed E-state index contributed by atoms with van der Waals surface area (Å²) in [7, 11) is 0. The van der Waals surface area contributed by atoms with Gasteiger partial charge in [-0.25, -0.2) is 4.79 Å². The van der Waals surface area contributed by atoms with Gasteiger partial charge in [-0.3, -0.25) is 14.9 Å². The Balaban J connectivity index is 2.51. The molecule has 0 aliphatic rings. The maximum absolute atomic E-state index is 11.9. The van der Waals surface area contributed by atoms with Gasteiger partial charge in [0.1, 0.15) is 0 Å². The molecule has 1 rings (SSSR count). The Kier molecular flexibility index (Phi) is 6.56. The van der Waals surface area contributed by atoms with E-state index < -0.39 is 6.09 Å². The van der Waals surface area contributed by atoms with Crippen LogP contribution in [0.25, 0.3) is 0 Å². The van der Waals surface area contributed by atoms with Crippen LogP contribution in [0, 0.1) is 0 Å². The van der Waals surface area contributed by atoms with Gasteiger partial charge in [0, 0.05) is 16.8 Å². The fourth-order valence-corrected chi connectivity index (χ4v) is 1.72. The van der Waals surface area contributed by atoms with Crippen molar-refractivity contribution in [3.8, 4) is 0 Å². The van der Waals surface area contributed by atoms with Gasteiger partial charge < -0.3 is 15.4 Å². The van der Waals surface area contributed by atoms with Crippen molar-refractivity contribution in [1.29, 1.82) is 0 Å². The first-order valence-corrected chi connectivity index (χ1v) is 7.34. The van der Waals surface area contributed by atoms with Gasteiger partial charge in [0.2, 0.25) is 5.91 Å². The van der Waals surface area contributed by atoms with Crippen molar-refractivity contribution in [2.75, 3.05) is 18.5 Å². The lowest BCUT2D eigenvalue weighted by Gasteiger charge is -2.20. The average molecular weight is 321 g/mol. The monoisotopic (exact) mass is 321 g/mol. The zero-order valence-corrected chi connectivity index (χ0v) is 13.9. The quantitative estimate of drug-likeness (QED) is 0.771. The molecule has 0 fully saturated rings. The second-order valence-electron chi connectivity index (χ2n) is 5.90. The van der Waals surface area contributed by atoms with E-state index >= 15 is 0 Å². The largest absolute Gasteiger partial charge is 0.450 e. The molecule has 7 heteroatoms. The van der Waals surface area contributed by atoms with E-state index in [-0.39, 0.29) is 30.5 Å². The molecule has 0 aliphatic heterocycles. The number of nitrogens with one attached hydrogen (secondary N) is 3. The van der Waals surface area contributed by atoms with Crippen molar-refractivity contribution >= 4 is 23.6 Å². The molecule has 0 aliphatic carbocycles. The molecule has 3 amide bonds. The lowest BCUT2D eigenvalue weighted by atomic mass is 10.1. The molecule has 0 saturated carbocycles. The number of hydrogen-bond donors (Lipinski definition) is 3. The summed E-state index contributed by atoms with van der Waals surface area (Å²) in [5, 5.41) is 7.82. The molecule has 0 unspecified atom stereocenters. The average Bonchev–Trinajstić information content (AvgIpc) is 2.44. The van der Waals surface area contributed by atoms with Crippen molar-refractivity contribution in [1.82, 2.24) is 10.6 Å². The molecule has 0 saturated heterocycles. The van der Waals surface area contributed by atoms with Gasteiger partial charge in [0.05, 0.1) is 13.2 Å². The fourth-order valence-electron chi connectivity index (χ4n) is 1.72. The van der Waals surface area contributed by atoms with E-state index in [1.165, 1.54) is 0 Å². The first kappa shape index (κ1) is 18.5. The predicted molar refractivity (Wildman–Crippen MR) is 87.3 cm³/mol. The lowest BCUT2D eigenvalue weighted by Crippen LogP contribution is -2.45. The van der Waals surface area contributed by atoms with Gasteiger partial charge in [-0.05, 0) is 52.0 Å². The van der Waals surface area contributed by atoms with Crippen molar-refractivity contribution in [2.24, 2.45) is 0 Å². The third-order valence-electron chi connectivity index (χ3n) is 2.59. The second kappa shape index (κ2) is 8.17. The Hall–Kier alpha value is -2.57. The van der Waals surface area contributed by atoms with Crippen molar-refractivity contribution in [3.63, 3.8) is 0 Å². The van der Waals surface area contributed by atoms with Crippen molar-refractivity contribution in [3.05, 3.63) is 29.8 Å². The summed E-state index contributed by atoms with van der Waals surface area (Å²) in [6.45, 7) is 7.48. The minimum absolute atomic E-state index is 0.0983. The van der Waals surface area contributed by atoms with Crippen LogP contribution < -0.4 is 16.0 Å². The summed E-state index contributed by atoms with van der Waals surface area (Å²) >= 11 is 0. The number of anilines is 1. The highest BCUT2D eigenvalue weighted by atomic mass is 16.5. The Morgan fingerprint density at radius 3 is 2.22 bits per heavy atom. The normalized spacial score (nSPS) is 10.6. The highest BCUT2D eigenvalue weighted by Gasteiger charge is 2.14. The van der Waals surface area contributed by atoms with Crippen molar-refractivity contribution in [2.45, 2.75) is 33.2 Å². The predicted octanol–water partition coefficient (Wildman–Crippen LogP) is 1.90. The van der Waals surface area contributed by atoms with Crippen LogP contribution in [-0.2, 0) is 9.53 Å². The van der Waals surface area contributed by atoms with Gasteiger partial charge in [0.25, 0.3) is 5.91 Å². The van der Waals surface area contributed by atoms with E-state index in [9.17, 15) is 14.4 Å². The molecule has 7 nitrogen and oxygen atoms in total. The summed E-state index contributed by atoms with van der Waals surface area (Å²) in [5.41, 5.74) is 0.566. The van der Waals surface area contributed by atoms with E-state index in [4.69, 9.17) is 4.74 Å². The summed E-state index contributed by atoms with van der Waals surface area (Å²) in [6, 6.07) is 6.28. The van der Waals surface area contributed by atoms with Crippen LogP contribution in [0.5, 0.6) is 0 Å². The van der Waals surface area contributed by atoms with E-state index in [0.29, 0.717) is 11.3 Å². The molecule has 0 aromatic heterocycles. The molecule has 0 heterocycles. The maximum Gasteiger partial charge on any atom is 0.411 e. The Labute approximate surface area is 135 Å². The Morgan fingerprint density at radius 2 is 1.70 bits per heavy atom. The number of amides is 3. The number of carbonyl (C=O) groups is 3. The highest BCUT2D eigenvalue weighted by molar-refractivity contribution is 5.97. The first-order chi connectivity index (χ1) is 10.7. The molecular weight excluding hydrogens is 298 g/mol. The number of rotatable bonds is 5. The second-order valence-corrected chi connectivity index (χ2v) is 5.90. The van der Waals surface area contributed by atoms with Crippen LogP contribution in [-0.4, -0.2) is 36.6 Å². The highest BCUT2D eigenvalue weighted by Crippen LogP contribution is 2.10. The molecule has 1 aromatic rings. The number of hydrogen-bond acceptors (Lipinski definition) is 4. The topological polar surface area (TPSA) is 96.5 Å². The van der Waals surface area contributed by atoms with Crippen LogP contribution in [0.1, 0.15) is 38.1 Å². The van der Waals surface area contributed by atoms with Gasteiger partial charge in [0.15, 0.2) is 0 Å². The summed E-state index contributed by atoms with van der Waals surface area (Å²) in [4.78, 5) is 34.9. The fraction of sp³-hybridized carbons (Fsp3) is 0.438. The minimum Gasteiger partial charge on any atom is -0.450 e. The molecule has 0 atom stereocenters. The van der Waals surface area contributed by atoms with Gasteiger partial charge >= 0.3 is 6.09 Å². The standard InChI is InChI=1S/C16H23N3O4/c1-5-23-15(22)18-12-8-6-11(7-9-12)14(21)17-10-13(20)19-16(2,3)4/h6-9H,5,10H2,1-4H3,(H,17,21)(H,18,22)(H,19,20). The maximum atomic E-state index is 11.9. The van der Waals surface area contributed by atoms with E-state index in [1.54, 1.807) is 31.2 Å². The summed E-state index contributed by atoms with van der Waals surface area (Å²) in [6.07, 6.45) is -0.552. The lowest BCUT2D eigenvalue weighted by molar-refractivity contribution is -0.121. The Morgan fingerprint density at radius 1 is 1.09 bits per heavy atom. The molecule has 1 aromatic carbocycles. The number of ether oxygens (including phenoxy) is 1. The third kappa shape index (κ3) is 7.30. The van der Waals surface area contributed by atoms with Crippen LogP contribution in [0.2, 0.25) is 0 Å². The smallest absolute Gasteiger partial charge is 0.411 e. The van der Waals surface area contributed by atoms with E-state index in [1.807, 2.05) is 20.8 Å². The molecule has 0 spiro atoms. The molecule has 3 N–H and O–H groups in total. The summed E-state index contributed by atoms with van der Waals surface area (Å²) in [5.74, 6) is -0.622. The molecule has 0 bridgehead atoms. The number of benzene rings is 1.